The van der Waals surface area contributed by atoms with Crippen molar-refractivity contribution >= 4 is 5.91 Å². The maximum Gasteiger partial charge on any atom is 0.257 e. The Balaban J connectivity index is 2.15. The van der Waals surface area contributed by atoms with Gasteiger partial charge < -0.3 is 4.90 Å². The Kier molecular flexibility index (Phi) is 3.92. The smallest absolute Gasteiger partial charge is 0.257 e. The van der Waals surface area contributed by atoms with Crippen molar-refractivity contribution in [3.05, 3.63) is 34.9 Å². The largest absolute Gasteiger partial charge is 0.337 e. The standard InChI is InChI=1S/C14H21N5O/c1-6-19-10(2)12(7-16-19)9-17(4)14(20)13-8-15-18(5)11(13)3/h7-8H,6,9H2,1-5H3. The van der Waals surface area contributed by atoms with Gasteiger partial charge in [-0.2, -0.15) is 10.2 Å². The number of rotatable bonds is 4. The van der Waals surface area contributed by atoms with Crippen LogP contribution in [-0.2, 0) is 20.1 Å². The fraction of sp³-hybridized carbons (Fsp3) is 0.500. The Hall–Kier alpha value is -2.11. The fourth-order valence-electron chi connectivity index (χ4n) is 2.20. The van der Waals surface area contributed by atoms with Crippen LogP contribution >= 0.6 is 0 Å². The first-order valence-corrected chi connectivity index (χ1v) is 6.71. The third-order valence-corrected chi connectivity index (χ3v) is 3.72. The molecule has 2 aromatic heterocycles. The maximum atomic E-state index is 12.4. The summed E-state index contributed by atoms with van der Waals surface area (Å²) in [6.45, 7) is 7.37. The summed E-state index contributed by atoms with van der Waals surface area (Å²) in [6, 6.07) is 0. The quantitative estimate of drug-likeness (QED) is 0.850. The lowest BCUT2D eigenvalue weighted by atomic mass is 10.2. The van der Waals surface area contributed by atoms with Gasteiger partial charge >= 0.3 is 0 Å². The van der Waals surface area contributed by atoms with Gasteiger partial charge in [-0.25, -0.2) is 0 Å². The van der Waals surface area contributed by atoms with E-state index in [2.05, 4.69) is 17.1 Å². The highest BCUT2D eigenvalue weighted by Gasteiger charge is 2.18. The zero-order valence-electron chi connectivity index (χ0n) is 12.7. The van der Waals surface area contributed by atoms with Crippen LogP contribution in [0.4, 0.5) is 0 Å². The average Bonchev–Trinajstić information content (AvgIpc) is 2.94. The lowest BCUT2D eigenvalue weighted by molar-refractivity contribution is 0.0784. The zero-order valence-corrected chi connectivity index (χ0v) is 12.7. The van der Waals surface area contributed by atoms with Crippen molar-refractivity contribution in [2.24, 2.45) is 7.05 Å². The molecular formula is C14H21N5O. The van der Waals surface area contributed by atoms with Crippen LogP contribution < -0.4 is 0 Å². The third kappa shape index (κ3) is 2.45. The van der Waals surface area contributed by atoms with Crippen molar-refractivity contribution in [1.29, 1.82) is 0 Å². The molecule has 0 aliphatic rings. The minimum absolute atomic E-state index is 0.0146. The number of amides is 1. The molecule has 2 aromatic rings. The van der Waals surface area contributed by atoms with Gasteiger partial charge in [0.05, 0.1) is 18.0 Å². The first-order valence-electron chi connectivity index (χ1n) is 6.71. The Bertz CT molecular complexity index is 626. The summed E-state index contributed by atoms with van der Waals surface area (Å²) in [6.07, 6.45) is 3.45. The number of aromatic nitrogens is 4. The number of carbonyl (C=O) groups is 1. The maximum absolute atomic E-state index is 12.4. The number of hydrogen-bond donors (Lipinski definition) is 0. The van der Waals surface area contributed by atoms with Crippen LogP contribution in [0, 0.1) is 13.8 Å². The second-order valence-electron chi connectivity index (χ2n) is 5.00. The van der Waals surface area contributed by atoms with Crippen LogP contribution in [-0.4, -0.2) is 37.4 Å². The fourth-order valence-corrected chi connectivity index (χ4v) is 2.20. The van der Waals surface area contributed by atoms with Crippen molar-refractivity contribution in [2.45, 2.75) is 33.9 Å². The highest BCUT2D eigenvalue weighted by molar-refractivity contribution is 5.94. The van der Waals surface area contributed by atoms with Gasteiger partial charge in [0.1, 0.15) is 0 Å². The third-order valence-electron chi connectivity index (χ3n) is 3.72. The minimum atomic E-state index is -0.0146. The molecule has 108 valence electrons. The minimum Gasteiger partial charge on any atom is -0.337 e. The Morgan fingerprint density at radius 3 is 2.45 bits per heavy atom. The highest BCUT2D eigenvalue weighted by Crippen LogP contribution is 2.13. The molecule has 2 heterocycles. The summed E-state index contributed by atoms with van der Waals surface area (Å²) in [5.41, 5.74) is 3.71. The Morgan fingerprint density at radius 1 is 1.25 bits per heavy atom. The van der Waals surface area contributed by atoms with Gasteiger partial charge in [0, 0.05) is 44.1 Å². The lowest BCUT2D eigenvalue weighted by Crippen LogP contribution is -2.26. The zero-order chi connectivity index (χ0) is 14.9. The van der Waals surface area contributed by atoms with Gasteiger partial charge in [-0.05, 0) is 20.8 Å². The summed E-state index contributed by atoms with van der Waals surface area (Å²) in [4.78, 5) is 14.1. The second-order valence-corrected chi connectivity index (χ2v) is 5.00. The molecule has 0 aromatic carbocycles. The van der Waals surface area contributed by atoms with Crippen LogP contribution in [0.2, 0.25) is 0 Å². The molecule has 0 N–H and O–H groups in total. The highest BCUT2D eigenvalue weighted by atomic mass is 16.2. The summed E-state index contributed by atoms with van der Waals surface area (Å²) in [5.74, 6) is -0.0146. The van der Waals surface area contributed by atoms with E-state index in [9.17, 15) is 4.79 Å². The molecule has 0 aliphatic carbocycles. The molecule has 0 fully saturated rings. The molecule has 0 unspecified atom stereocenters. The summed E-state index contributed by atoms with van der Waals surface area (Å²) in [7, 11) is 3.64. The predicted octanol–water partition coefficient (Wildman–Crippen LogP) is 1.53. The SMILES string of the molecule is CCn1ncc(CN(C)C(=O)c2cnn(C)c2C)c1C. The molecule has 0 aliphatic heterocycles. The topological polar surface area (TPSA) is 56.0 Å². The van der Waals surface area contributed by atoms with Crippen LogP contribution in [0.25, 0.3) is 0 Å². The van der Waals surface area contributed by atoms with E-state index in [0.29, 0.717) is 12.1 Å². The number of hydrogen-bond acceptors (Lipinski definition) is 3. The van der Waals surface area contributed by atoms with E-state index in [1.54, 1.807) is 22.8 Å². The van der Waals surface area contributed by atoms with Crippen molar-refractivity contribution < 1.29 is 4.79 Å². The van der Waals surface area contributed by atoms with Gasteiger partial charge in [0.2, 0.25) is 0 Å². The van der Waals surface area contributed by atoms with Gasteiger partial charge in [0.15, 0.2) is 0 Å². The van der Waals surface area contributed by atoms with Crippen LogP contribution in [0.1, 0.15) is 34.2 Å². The molecule has 1 amide bonds. The van der Waals surface area contributed by atoms with Gasteiger partial charge in [-0.3, -0.25) is 14.2 Å². The van der Waals surface area contributed by atoms with Gasteiger partial charge in [-0.1, -0.05) is 0 Å². The van der Waals surface area contributed by atoms with E-state index in [1.165, 1.54) is 0 Å². The lowest BCUT2D eigenvalue weighted by Gasteiger charge is -2.16. The normalized spacial score (nSPS) is 10.8. The molecule has 0 radical (unpaired) electrons. The second kappa shape index (κ2) is 5.48. The molecule has 2 rings (SSSR count). The molecule has 6 heteroatoms. The van der Waals surface area contributed by atoms with E-state index in [4.69, 9.17) is 0 Å². The first-order chi connectivity index (χ1) is 9.45. The molecule has 0 spiro atoms. The molecule has 20 heavy (non-hydrogen) atoms. The molecule has 6 nitrogen and oxygen atoms in total. The molecule has 0 saturated heterocycles. The summed E-state index contributed by atoms with van der Waals surface area (Å²) < 4.78 is 3.64. The van der Waals surface area contributed by atoms with E-state index in [0.717, 1.165) is 23.5 Å². The summed E-state index contributed by atoms with van der Waals surface area (Å²) in [5, 5.41) is 8.42. The Morgan fingerprint density at radius 2 is 1.95 bits per heavy atom. The van der Waals surface area contributed by atoms with E-state index < -0.39 is 0 Å². The molecule has 0 atom stereocenters. The van der Waals surface area contributed by atoms with Gasteiger partial charge in [-0.15, -0.1) is 0 Å². The van der Waals surface area contributed by atoms with E-state index in [1.807, 2.05) is 31.8 Å². The monoisotopic (exact) mass is 275 g/mol. The summed E-state index contributed by atoms with van der Waals surface area (Å²) >= 11 is 0. The van der Waals surface area contributed by atoms with Crippen molar-refractivity contribution in [2.75, 3.05) is 7.05 Å². The van der Waals surface area contributed by atoms with Crippen molar-refractivity contribution in [3.8, 4) is 0 Å². The van der Waals surface area contributed by atoms with Crippen LogP contribution in [0.15, 0.2) is 12.4 Å². The Labute approximate surface area is 119 Å². The van der Waals surface area contributed by atoms with Crippen LogP contribution in [0.5, 0.6) is 0 Å². The number of carbonyl (C=O) groups excluding carboxylic acids is 1. The molecule has 0 saturated carbocycles. The number of nitrogens with zero attached hydrogens (tertiary/aromatic N) is 5. The average molecular weight is 275 g/mol. The van der Waals surface area contributed by atoms with E-state index in [-0.39, 0.29) is 5.91 Å². The van der Waals surface area contributed by atoms with E-state index >= 15 is 0 Å². The van der Waals surface area contributed by atoms with Gasteiger partial charge in [0.25, 0.3) is 5.91 Å². The van der Waals surface area contributed by atoms with Crippen molar-refractivity contribution in [1.82, 2.24) is 24.5 Å². The first kappa shape index (κ1) is 14.3. The van der Waals surface area contributed by atoms with Crippen molar-refractivity contribution in [3.63, 3.8) is 0 Å². The number of aryl methyl sites for hydroxylation is 2. The molecule has 0 bridgehead atoms. The predicted molar refractivity (Wildman–Crippen MR) is 76.4 cm³/mol. The molecular weight excluding hydrogens is 254 g/mol. The van der Waals surface area contributed by atoms with Crippen LogP contribution in [0.3, 0.4) is 0 Å².